The minimum absolute atomic E-state index is 0.0470. The van der Waals surface area contributed by atoms with E-state index >= 15 is 0 Å². The molecule has 0 amide bonds. The molecule has 0 N–H and O–H groups in total. The lowest BCUT2D eigenvalue weighted by Crippen LogP contribution is -2.37. The topological polar surface area (TPSA) is 111 Å². The number of rotatable bonds is 36. The lowest BCUT2D eigenvalue weighted by molar-refractivity contribution is -0.870. The largest absolute Gasteiger partial charge is 0.756 e. The third-order valence-corrected chi connectivity index (χ3v) is 9.25. The van der Waals surface area contributed by atoms with Crippen LogP contribution in [0.5, 0.6) is 0 Å². The monoisotopic (exact) mass is 766 g/mol. The Bertz CT molecular complexity index is 1090. The molecule has 0 aliphatic heterocycles. The van der Waals surface area contributed by atoms with Crippen LogP contribution in [0.15, 0.2) is 60.8 Å². The number of allylic oxidation sites excluding steroid dienone is 10. The SMILES string of the molecule is CC/C=C\C/C=C\C/C=C\C/C=C\CCC(=O)OC(COC(=O)CCCCCCC/C=C\CCCCCCCCC)COP(=O)([O-])OCC[N+](C)(C)C. The summed E-state index contributed by atoms with van der Waals surface area (Å²) < 4.78 is 33.7. The number of esters is 2. The Morgan fingerprint density at radius 3 is 1.68 bits per heavy atom. The highest BCUT2D eigenvalue weighted by molar-refractivity contribution is 7.45. The molecule has 9 nitrogen and oxygen atoms in total. The second-order valence-corrected chi connectivity index (χ2v) is 16.0. The first-order valence-electron chi connectivity index (χ1n) is 20.5. The highest BCUT2D eigenvalue weighted by Gasteiger charge is 2.21. The number of hydrogen-bond acceptors (Lipinski definition) is 8. The predicted molar refractivity (Wildman–Crippen MR) is 217 cm³/mol. The number of hydrogen-bond donors (Lipinski definition) is 0. The summed E-state index contributed by atoms with van der Waals surface area (Å²) in [6, 6.07) is 0. The minimum Gasteiger partial charge on any atom is -0.756 e. The molecule has 2 unspecified atom stereocenters. The van der Waals surface area contributed by atoms with Crippen molar-refractivity contribution >= 4 is 19.8 Å². The van der Waals surface area contributed by atoms with Crippen molar-refractivity contribution in [3.05, 3.63) is 60.8 Å². The Labute approximate surface area is 324 Å². The number of unbranched alkanes of at least 4 members (excludes halogenated alkanes) is 12. The molecule has 0 saturated carbocycles. The van der Waals surface area contributed by atoms with Gasteiger partial charge in [-0.3, -0.25) is 14.2 Å². The molecule has 306 valence electrons. The van der Waals surface area contributed by atoms with Gasteiger partial charge in [-0.25, -0.2) is 0 Å². The third kappa shape index (κ3) is 39.2. The molecule has 10 heteroatoms. The standard InChI is InChI=1S/C43H76NO8P/c1-6-8-10-12-14-16-18-20-21-22-24-25-27-29-31-33-35-42(45)49-39-41(40-51-53(47,48)50-38-37-44(3,4)5)52-43(46)36-34-32-30-28-26-23-19-17-15-13-11-9-7-2/h9,11,15,17,21-23,26,30,32,41H,6-8,10,12-14,16,18-20,24-25,27-29,31,33-40H2,1-5H3/b11-9-,17-15-,22-21-,26-23-,32-30-. The van der Waals surface area contributed by atoms with Gasteiger partial charge in [0.05, 0.1) is 27.7 Å². The number of nitrogens with zero attached hydrogens (tertiary/aromatic N) is 1. The van der Waals surface area contributed by atoms with Crippen molar-refractivity contribution in [1.82, 2.24) is 0 Å². The van der Waals surface area contributed by atoms with E-state index < -0.39 is 32.5 Å². The van der Waals surface area contributed by atoms with E-state index in [0.29, 0.717) is 23.9 Å². The van der Waals surface area contributed by atoms with Gasteiger partial charge in [0.15, 0.2) is 6.10 Å². The molecule has 0 saturated heterocycles. The second-order valence-electron chi connectivity index (χ2n) is 14.6. The molecule has 0 aromatic heterocycles. The van der Waals surface area contributed by atoms with Gasteiger partial charge in [-0.1, -0.05) is 132 Å². The number of likely N-dealkylation sites (N-methyl/N-ethyl adjacent to an activating group) is 1. The fraction of sp³-hybridized carbons (Fsp3) is 0.721. The van der Waals surface area contributed by atoms with Crippen LogP contribution >= 0.6 is 7.82 Å². The van der Waals surface area contributed by atoms with Crippen molar-refractivity contribution in [3.63, 3.8) is 0 Å². The summed E-state index contributed by atoms with van der Waals surface area (Å²) in [5.41, 5.74) is 0. The Balaban J connectivity index is 4.50. The maximum absolute atomic E-state index is 12.6. The number of quaternary nitrogens is 1. The summed E-state index contributed by atoms with van der Waals surface area (Å²) in [6.07, 6.45) is 41.3. The molecule has 0 fully saturated rings. The van der Waals surface area contributed by atoms with Crippen LogP contribution in [0.3, 0.4) is 0 Å². The molecule has 0 aromatic rings. The Kier molecular flexibility index (Phi) is 33.9. The van der Waals surface area contributed by atoms with Crippen LogP contribution in [0.25, 0.3) is 0 Å². The Morgan fingerprint density at radius 1 is 0.604 bits per heavy atom. The molecule has 0 rings (SSSR count). The molecular formula is C43H76NO8P. The smallest absolute Gasteiger partial charge is 0.306 e. The van der Waals surface area contributed by atoms with Crippen molar-refractivity contribution in [3.8, 4) is 0 Å². The molecule has 0 aliphatic rings. The van der Waals surface area contributed by atoms with Gasteiger partial charge in [-0.15, -0.1) is 0 Å². The van der Waals surface area contributed by atoms with E-state index in [2.05, 4.69) is 62.5 Å². The maximum atomic E-state index is 12.6. The van der Waals surface area contributed by atoms with E-state index in [1.54, 1.807) is 0 Å². The summed E-state index contributed by atoms with van der Waals surface area (Å²) >= 11 is 0. The second kappa shape index (κ2) is 35.4. The van der Waals surface area contributed by atoms with E-state index in [1.165, 1.54) is 51.4 Å². The third-order valence-electron chi connectivity index (χ3n) is 8.29. The van der Waals surface area contributed by atoms with E-state index in [4.69, 9.17) is 18.5 Å². The molecule has 0 aliphatic carbocycles. The number of carbonyl (C=O) groups excluding carboxylic acids is 2. The average Bonchev–Trinajstić information content (AvgIpc) is 3.10. The Hall–Kier alpha value is -2.29. The summed E-state index contributed by atoms with van der Waals surface area (Å²) in [4.78, 5) is 37.4. The minimum atomic E-state index is -4.64. The van der Waals surface area contributed by atoms with Crippen LogP contribution in [-0.4, -0.2) is 70.0 Å². The molecule has 2 atom stereocenters. The number of ether oxygens (including phenoxy) is 2. The van der Waals surface area contributed by atoms with Gasteiger partial charge in [-0.2, -0.15) is 0 Å². The fourth-order valence-corrected chi connectivity index (χ4v) is 5.80. The van der Waals surface area contributed by atoms with Gasteiger partial charge in [0, 0.05) is 12.8 Å². The van der Waals surface area contributed by atoms with Gasteiger partial charge in [0.25, 0.3) is 7.82 Å². The first-order chi connectivity index (χ1) is 25.5. The van der Waals surface area contributed by atoms with Crippen LogP contribution in [0.1, 0.15) is 149 Å². The summed E-state index contributed by atoms with van der Waals surface area (Å²) in [7, 11) is 1.11. The van der Waals surface area contributed by atoms with Gasteiger partial charge < -0.3 is 27.9 Å². The molecular weight excluding hydrogens is 689 g/mol. The molecule has 0 radical (unpaired) electrons. The van der Waals surface area contributed by atoms with Crippen LogP contribution in [0, 0.1) is 0 Å². The van der Waals surface area contributed by atoms with E-state index in [-0.39, 0.29) is 26.1 Å². The normalized spacial score (nSPS) is 14.3. The van der Waals surface area contributed by atoms with Gasteiger partial charge in [0.2, 0.25) is 0 Å². The number of phosphoric acid groups is 1. The van der Waals surface area contributed by atoms with Crippen molar-refractivity contribution in [1.29, 1.82) is 0 Å². The maximum Gasteiger partial charge on any atom is 0.306 e. The first-order valence-corrected chi connectivity index (χ1v) is 22.0. The van der Waals surface area contributed by atoms with Crippen molar-refractivity contribution in [2.24, 2.45) is 0 Å². The van der Waals surface area contributed by atoms with E-state index in [9.17, 15) is 19.0 Å². The lowest BCUT2D eigenvalue weighted by Gasteiger charge is -2.28. The van der Waals surface area contributed by atoms with Crippen LogP contribution in [0.4, 0.5) is 0 Å². The number of carbonyl (C=O) groups is 2. The van der Waals surface area contributed by atoms with Crippen molar-refractivity contribution in [2.75, 3.05) is 47.5 Å². The molecule has 0 spiro atoms. The quantitative estimate of drug-likeness (QED) is 0.0204. The van der Waals surface area contributed by atoms with Gasteiger partial charge in [0.1, 0.15) is 19.8 Å². The van der Waals surface area contributed by atoms with E-state index in [0.717, 1.165) is 57.8 Å². The zero-order valence-corrected chi connectivity index (χ0v) is 35.1. The lowest BCUT2D eigenvalue weighted by atomic mass is 10.1. The highest BCUT2D eigenvalue weighted by atomic mass is 31.2. The van der Waals surface area contributed by atoms with E-state index in [1.807, 2.05) is 33.3 Å². The zero-order chi connectivity index (χ0) is 39.3. The predicted octanol–water partition coefficient (Wildman–Crippen LogP) is 10.7. The molecule has 0 heterocycles. The summed E-state index contributed by atoms with van der Waals surface area (Å²) in [5, 5.41) is 0. The molecule has 0 aromatic carbocycles. The molecule has 0 bridgehead atoms. The van der Waals surface area contributed by atoms with Crippen LogP contribution < -0.4 is 4.89 Å². The average molecular weight is 766 g/mol. The van der Waals surface area contributed by atoms with Crippen molar-refractivity contribution in [2.45, 2.75) is 155 Å². The van der Waals surface area contributed by atoms with Crippen molar-refractivity contribution < 1.29 is 42.1 Å². The fourth-order valence-electron chi connectivity index (χ4n) is 5.07. The highest BCUT2D eigenvalue weighted by Crippen LogP contribution is 2.38. The summed E-state index contributed by atoms with van der Waals surface area (Å²) in [5.74, 6) is -0.944. The number of phosphoric ester groups is 1. The Morgan fingerprint density at radius 2 is 1.11 bits per heavy atom. The molecule has 53 heavy (non-hydrogen) atoms. The van der Waals surface area contributed by atoms with Gasteiger partial charge >= 0.3 is 11.9 Å². The first kappa shape index (κ1) is 50.7. The van der Waals surface area contributed by atoms with Crippen LogP contribution in [0.2, 0.25) is 0 Å². The van der Waals surface area contributed by atoms with Gasteiger partial charge in [-0.05, 0) is 64.2 Å². The summed E-state index contributed by atoms with van der Waals surface area (Å²) in [6.45, 7) is 3.99. The van der Waals surface area contributed by atoms with Crippen LogP contribution in [-0.2, 0) is 32.7 Å². The zero-order valence-electron chi connectivity index (χ0n) is 34.2.